The Kier molecular flexibility index (Phi) is 15.1. The van der Waals surface area contributed by atoms with Crippen molar-refractivity contribution in [2.75, 3.05) is 21.2 Å². The van der Waals surface area contributed by atoms with Crippen LogP contribution in [0, 0.1) is 23.7 Å². The molecule has 3 heterocycles. The summed E-state index contributed by atoms with van der Waals surface area (Å²) in [5.41, 5.74) is -4.68. The van der Waals surface area contributed by atoms with E-state index in [1.807, 2.05) is 25.9 Å². The van der Waals surface area contributed by atoms with Crippen LogP contribution in [-0.4, -0.2) is 153 Å². The molecule has 0 aromatic carbocycles. The van der Waals surface area contributed by atoms with Crippen molar-refractivity contribution in [1.29, 1.82) is 0 Å². The fraction of sp³-hybridized carbons (Fsp3) is 0.946. The molecular formula is C37H68N2O13. The monoisotopic (exact) mass is 748 g/mol. The fourth-order valence-corrected chi connectivity index (χ4v) is 8.61. The van der Waals surface area contributed by atoms with Crippen molar-refractivity contribution in [3.05, 3.63) is 0 Å². The number of nitrogens with zero attached hydrogens (tertiary/aromatic N) is 2. The number of carbonyl (C=O) groups is 1. The molecule has 0 aromatic heterocycles. The summed E-state index contributed by atoms with van der Waals surface area (Å²) < 4.78 is 37.2. The molecule has 0 saturated carbocycles. The minimum absolute atomic E-state index is 0.0657. The van der Waals surface area contributed by atoms with E-state index in [9.17, 15) is 35.5 Å². The topological polar surface area (TPSA) is 209 Å². The normalized spacial score (nSPS) is 49.8. The number of aliphatic hydroxyl groups is 5. The van der Waals surface area contributed by atoms with Crippen LogP contribution in [0.3, 0.4) is 0 Å². The molecule has 1 unspecified atom stereocenters. The Morgan fingerprint density at radius 3 is 2.08 bits per heavy atom. The summed E-state index contributed by atoms with van der Waals surface area (Å²) in [6.45, 7) is 16.6. The quantitative estimate of drug-likeness (QED) is 0.125. The van der Waals surface area contributed by atoms with Crippen molar-refractivity contribution in [1.82, 2.24) is 4.90 Å². The van der Waals surface area contributed by atoms with E-state index >= 15 is 0 Å². The van der Waals surface area contributed by atoms with Gasteiger partial charge in [-0.3, -0.25) is 4.79 Å². The van der Waals surface area contributed by atoms with Crippen LogP contribution in [0.15, 0.2) is 5.16 Å². The molecule has 304 valence electrons. The zero-order chi connectivity index (χ0) is 39.7. The highest BCUT2D eigenvalue weighted by Crippen LogP contribution is 2.41. The molecule has 0 bridgehead atoms. The molecule has 0 aliphatic carbocycles. The maximum Gasteiger partial charge on any atom is 0.311 e. The molecule has 15 nitrogen and oxygen atoms in total. The van der Waals surface area contributed by atoms with Gasteiger partial charge in [0, 0.05) is 37.3 Å². The number of ether oxygens (including phenoxy) is 6. The molecule has 3 fully saturated rings. The van der Waals surface area contributed by atoms with Crippen molar-refractivity contribution < 1.29 is 64.0 Å². The van der Waals surface area contributed by atoms with Gasteiger partial charge in [0.1, 0.15) is 23.9 Å². The molecule has 3 rings (SSSR count). The average Bonchev–Trinajstić information content (AvgIpc) is 3.06. The maximum atomic E-state index is 14.1. The summed E-state index contributed by atoms with van der Waals surface area (Å²) in [6, 6.07) is -0.322. The van der Waals surface area contributed by atoms with Crippen molar-refractivity contribution >= 4 is 11.7 Å². The van der Waals surface area contributed by atoms with Gasteiger partial charge in [0.25, 0.3) is 0 Å². The second-order valence-electron chi connectivity index (χ2n) is 16.6. The summed E-state index contributed by atoms with van der Waals surface area (Å²) in [4.78, 5) is 16.0. The van der Waals surface area contributed by atoms with Crippen LogP contribution in [-0.2, 0) is 33.2 Å². The molecule has 6 N–H and O–H groups in total. The van der Waals surface area contributed by atoms with Gasteiger partial charge in [-0.25, -0.2) is 0 Å². The molecule has 0 aromatic rings. The van der Waals surface area contributed by atoms with Gasteiger partial charge in [-0.2, -0.15) is 0 Å². The SMILES string of the molecule is CC[C@H]1OC(=O)[C@H](C)[C@@H](OC2C[C@@](C)(OC)[C@@H](O)[C@H](C)O2)[C@H](C)[C@@H](O[C@@H]2O[C@H](C)C[C@H](N(C)C)[C@H]2O)[C@@](C)(O)C[C@@H](C)/C(=N\O)[C@H](C)[C@@H](O)[C@]1(C)O. The number of methoxy groups -OCH3 is 1. The molecule has 3 aliphatic heterocycles. The first-order valence-corrected chi connectivity index (χ1v) is 18.7. The standard InChI is InChI=1S/C37H68N2O13/c1-14-25-37(10,45)30(41)20(4)27(38-46)18(2)16-35(8,44)32(52-34-28(40)24(39(11)12)15-19(3)48-34)21(5)29(22(6)33(43)50-25)51-26-17-36(9,47-13)31(42)23(7)49-26/h18-26,28-32,34,40-42,44-46H,14-17H2,1-13H3/b38-27+/t18-,19-,20+,21+,22-,23+,24+,25-,26?,28-,29+,30-,31+,32-,34+,35+,36-,37-/m1/s1. The van der Waals surface area contributed by atoms with Crippen molar-refractivity contribution in [2.45, 2.75) is 179 Å². The summed E-state index contributed by atoms with van der Waals surface area (Å²) in [5, 5.41) is 71.8. The molecule has 15 heteroatoms. The molecule has 3 aliphatic rings. The number of cyclic esters (lactones) is 1. The van der Waals surface area contributed by atoms with Crippen LogP contribution in [0.2, 0.25) is 0 Å². The summed E-state index contributed by atoms with van der Waals surface area (Å²) >= 11 is 0. The van der Waals surface area contributed by atoms with Gasteiger partial charge in [-0.05, 0) is 74.9 Å². The van der Waals surface area contributed by atoms with Gasteiger partial charge >= 0.3 is 5.97 Å². The van der Waals surface area contributed by atoms with Crippen LogP contribution >= 0.6 is 0 Å². The lowest BCUT2D eigenvalue weighted by Crippen LogP contribution is -2.61. The Hall–Kier alpha value is -1.50. The first-order valence-electron chi connectivity index (χ1n) is 18.7. The van der Waals surface area contributed by atoms with Crippen molar-refractivity contribution in [3.63, 3.8) is 0 Å². The summed E-state index contributed by atoms with van der Waals surface area (Å²) in [5.74, 6) is -4.24. The van der Waals surface area contributed by atoms with Crippen LogP contribution < -0.4 is 0 Å². The lowest BCUT2D eigenvalue weighted by Gasteiger charge is -2.49. The molecule has 0 radical (unpaired) electrons. The second-order valence-corrected chi connectivity index (χ2v) is 16.6. The van der Waals surface area contributed by atoms with Gasteiger partial charge in [-0.1, -0.05) is 32.9 Å². The number of rotatable bonds is 7. The molecule has 0 amide bonds. The Balaban J connectivity index is 2.21. The fourth-order valence-electron chi connectivity index (χ4n) is 8.61. The van der Waals surface area contributed by atoms with Gasteiger partial charge in [0.15, 0.2) is 12.6 Å². The van der Waals surface area contributed by atoms with Crippen LogP contribution in [0.1, 0.15) is 94.9 Å². The number of carbonyl (C=O) groups excluding carboxylic acids is 1. The minimum atomic E-state index is -1.97. The number of aliphatic hydroxyl groups excluding tert-OH is 3. The van der Waals surface area contributed by atoms with E-state index in [0.29, 0.717) is 6.42 Å². The third-order valence-electron chi connectivity index (χ3n) is 12.0. The third-order valence-corrected chi connectivity index (χ3v) is 12.0. The zero-order valence-electron chi connectivity index (χ0n) is 33.4. The van der Waals surface area contributed by atoms with Crippen molar-refractivity contribution in [3.8, 4) is 0 Å². The highest BCUT2D eigenvalue weighted by Gasteiger charge is 2.53. The number of oxime groups is 1. The lowest BCUT2D eigenvalue weighted by molar-refractivity contribution is -0.317. The average molecular weight is 749 g/mol. The Labute approximate surface area is 309 Å². The number of hydrogen-bond donors (Lipinski definition) is 6. The van der Waals surface area contributed by atoms with E-state index in [1.165, 1.54) is 14.0 Å². The third kappa shape index (κ3) is 9.47. The van der Waals surface area contributed by atoms with E-state index < -0.39 is 102 Å². The van der Waals surface area contributed by atoms with Gasteiger partial charge in [-0.15, -0.1) is 0 Å². The summed E-state index contributed by atoms with van der Waals surface area (Å²) in [7, 11) is 5.19. The predicted molar refractivity (Wildman–Crippen MR) is 190 cm³/mol. The van der Waals surface area contributed by atoms with Gasteiger partial charge in [0.05, 0.1) is 53.4 Å². The van der Waals surface area contributed by atoms with E-state index in [0.717, 1.165) is 0 Å². The van der Waals surface area contributed by atoms with E-state index in [2.05, 4.69) is 5.16 Å². The lowest BCUT2D eigenvalue weighted by atomic mass is 9.73. The van der Waals surface area contributed by atoms with E-state index in [1.54, 1.807) is 55.4 Å². The smallest absolute Gasteiger partial charge is 0.311 e. The maximum absolute atomic E-state index is 14.1. The summed E-state index contributed by atoms with van der Waals surface area (Å²) in [6.07, 6.45) is -9.51. The molecule has 3 saturated heterocycles. The predicted octanol–water partition coefficient (Wildman–Crippen LogP) is 2.05. The Morgan fingerprint density at radius 1 is 0.923 bits per heavy atom. The van der Waals surface area contributed by atoms with Gasteiger partial charge < -0.3 is 64.1 Å². The highest BCUT2D eigenvalue weighted by molar-refractivity contribution is 5.88. The van der Waals surface area contributed by atoms with Gasteiger partial charge in [0.2, 0.25) is 0 Å². The van der Waals surface area contributed by atoms with Crippen LogP contribution in [0.4, 0.5) is 0 Å². The number of likely N-dealkylation sites (N-methyl/N-ethyl adjacent to an activating group) is 1. The molecular weight excluding hydrogens is 680 g/mol. The van der Waals surface area contributed by atoms with E-state index in [-0.39, 0.29) is 37.1 Å². The van der Waals surface area contributed by atoms with E-state index in [4.69, 9.17) is 28.4 Å². The zero-order valence-corrected chi connectivity index (χ0v) is 33.4. The molecule has 52 heavy (non-hydrogen) atoms. The first-order chi connectivity index (χ1) is 24.0. The minimum Gasteiger partial charge on any atom is -0.459 e. The highest BCUT2D eigenvalue weighted by atomic mass is 16.7. The largest absolute Gasteiger partial charge is 0.459 e. The number of esters is 1. The Bertz CT molecular complexity index is 1200. The first kappa shape index (κ1) is 44.9. The second kappa shape index (κ2) is 17.5. The number of hydrogen-bond acceptors (Lipinski definition) is 15. The van der Waals surface area contributed by atoms with Crippen molar-refractivity contribution in [2.24, 2.45) is 28.8 Å². The Morgan fingerprint density at radius 2 is 1.54 bits per heavy atom. The molecule has 0 spiro atoms. The van der Waals surface area contributed by atoms with Crippen LogP contribution in [0.5, 0.6) is 0 Å². The molecule has 18 atom stereocenters. The van der Waals surface area contributed by atoms with Crippen LogP contribution in [0.25, 0.3) is 0 Å².